The molecule has 0 radical (unpaired) electrons. The van der Waals surface area contributed by atoms with E-state index in [1.54, 1.807) is 6.92 Å². The molecule has 1 unspecified atom stereocenters. The Morgan fingerprint density at radius 3 is 2.71 bits per heavy atom. The fourth-order valence-electron chi connectivity index (χ4n) is 1.13. The monoisotopic (exact) mass is 203 g/mol. The van der Waals surface area contributed by atoms with E-state index in [-0.39, 0.29) is 18.5 Å². The number of aliphatic hydroxyl groups excluding tert-OH is 1. The molecule has 0 aliphatic carbocycles. The van der Waals surface area contributed by atoms with Gasteiger partial charge in [0.05, 0.1) is 6.61 Å². The highest BCUT2D eigenvalue weighted by molar-refractivity contribution is 5.82. The Bertz CT molecular complexity index is 150. The third-order valence-corrected chi connectivity index (χ3v) is 2.02. The molecule has 0 aromatic carbocycles. The second kappa shape index (κ2) is 9.12. The van der Waals surface area contributed by atoms with Crippen LogP contribution in [0.3, 0.4) is 0 Å². The van der Waals surface area contributed by atoms with Gasteiger partial charge in [-0.2, -0.15) is 0 Å². The fraction of sp³-hybridized carbons (Fsp3) is 0.900. The Balaban J connectivity index is 3.42. The molecule has 0 aliphatic heterocycles. The SMILES string of the molecule is CC(OCCN)C(=O)CCCCCO. The quantitative estimate of drug-likeness (QED) is 0.534. The highest BCUT2D eigenvalue weighted by Gasteiger charge is 2.11. The van der Waals surface area contributed by atoms with Crippen molar-refractivity contribution in [2.75, 3.05) is 19.8 Å². The summed E-state index contributed by atoms with van der Waals surface area (Å²) in [5.41, 5.74) is 5.25. The van der Waals surface area contributed by atoms with Gasteiger partial charge in [0, 0.05) is 19.6 Å². The zero-order valence-corrected chi connectivity index (χ0v) is 8.87. The summed E-state index contributed by atoms with van der Waals surface area (Å²) in [6.45, 7) is 2.84. The Kier molecular flexibility index (Phi) is 8.83. The maximum atomic E-state index is 11.4. The van der Waals surface area contributed by atoms with Gasteiger partial charge in [-0.15, -0.1) is 0 Å². The van der Waals surface area contributed by atoms with Crippen molar-refractivity contribution in [3.8, 4) is 0 Å². The van der Waals surface area contributed by atoms with Crippen molar-refractivity contribution in [3.63, 3.8) is 0 Å². The van der Waals surface area contributed by atoms with Crippen molar-refractivity contribution in [1.29, 1.82) is 0 Å². The molecule has 0 saturated carbocycles. The van der Waals surface area contributed by atoms with Crippen LogP contribution in [0.25, 0.3) is 0 Å². The lowest BCUT2D eigenvalue weighted by Gasteiger charge is -2.10. The number of unbranched alkanes of at least 4 members (excludes halogenated alkanes) is 2. The molecule has 3 N–H and O–H groups in total. The van der Waals surface area contributed by atoms with Gasteiger partial charge in [-0.3, -0.25) is 4.79 Å². The number of carbonyl (C=O) groups excluding carboxylic acids is 1. The summed E-state index contributed by atoms with van der Waals surface area (Å²) in [5.74, 6) is 0.122. The van der Waals surface area contributed by atoms with Crippen LogP contribution in [0.15, 0.2) is 0 Å². The van der Waals surface area contributed by atoms with Crippen LogP contribution in [-0.4, -0.2) is 36.8 Å². The van der Waals surface area contributed by atoms with Gasteiger partial charge >= 0.3 is 0 Å². The Morgan fingerprint density at radius 1 is 1.43 bits per heavy atom. The number of Topliss-reactive ketones (excluding diaryl/α,β-unsaturated/α-hetero) is 1. The molecule has 14 heavy (non-hydrogen) atoms. The first-order chi connectivity index (χ1) is 6.72. The molecular weight excluding hydrogens is 182 g/mol. The van der Waals surface area contributed by atoms with E-state index in [0.29, 0.717) is 19.6 Å². The zero-order chi connectivity index (χ0) is 10.8. The Morgan fingerprint density at radius 2 is 2.14 bits per heavy atom. The lowest BCUT2D eigenvalue weighted by atomic mass is 10.1. The minimum absolute atomic E-state index is 0.122. The summed E-state index contributed by atoms with van der Waals surface area (Å²) in [4.78, 5) is 11.4. The number of hydrogen-bond acceptors (Lipinski definition) is 4. The number of ketones is 1. The van der Waals surface area contributed by atoms with Gasteiger partial charge in [-0.1, -0.05) is 6.42 Å². The number of ether oxygens (including phenoxy) is 1. The molecule has 0 aliphatic rings. The second-order valence-electron chi connectivity index (χ2n) is 3.30. The van der Waals surface area contributed by atoms with Crippen LogP contribution in [-0.2, 0) is 9.53 Å². The number of carbonyl (C=O) groups is 1. The molecule has 84 valence electrons. The highest BCUT2D eigenvalue weighted by atomic mass is 16.5. The van der Waals surface area contributed by atoms with Crippen molar-refractivity contribution < 1.29 is 14.6 Å². The summed E-state index contributed by atoms with van der Waals surface area (Å²) in [5, 5.41) is 8.53. The van der Waals surface area contributed by atoms with Gasteiger partial charge < -0.3 is 15.6 Å². The first-order valence-electron chi connectivity index (χ1n) is 5.17. The topological polar surface area (TPSA) is 72.5 Å². The smallest absolute Gasteiger partial charge is 0.161 e. The van der Waals surface area contributed by atoms with Crippen molar-refractivity contribution in [2.24, 2.45) is 5.73 Å². The number of rotatable bonds is 9. The molecule has 0 aromatic heterocycles. The third kappa shape index (κ3) is 7.00. The van der Waals surface area contributed by atoms with Crippen LogP contribution in [0, 0.1) is 0 Å². The van der Waals surface area contributed by atoms with Crippen molar-refractivity contribution in [1.82, 2.24) is 0 Å². The summed E-state index contributed by atoms with van der Waals surface area (Å²) >= 11 is 0. The number of aliphatic hydroxyl groups is 1. The van der Waals surface area contributed by atoms with E-state index in [1.807, 2.05) is 0 Å². The first-order valence-corrected chi connectivity index (χ1v) is 5.17. The van der Waals surface area contributed by atoms with Crippen LogP contribution in [0.2, 0.25) is 0 Å². The summed E-state index contributed by atoms with van der Waals surface area (Å²) in [6.07, 6.45) is 2.69. The maximum absolute atomic E-state index is 11.4. The molecule has 0 spiro atoms. The number of hydrogen-bond donors (Lipinski definition) is 2. The van der Waals surface area contributed by atoms with Crippen LogP contribution in [0.4, 0.5) is 0 Å². The first kappa shape index (κ1) is 13.5. The van der Waals surface area contributed by atoms with Crippen LogP contribution in [0.5, 0.6) is 0 Å². The maximum Gasteiger partial charge on any atom is 0.161 e. The summed E-state index contributed by atoms with van der Waals surface area (Å²) in [7, 11) is 0. The normalized spacial score (nSPS) is 12.8. The van der Waals surface area contributed by atoms with Gasteiger partial charge in [-0.05, 0) is 19.8 Å². The molecule has 4 nitrogen and oxygen atoms in total. The van der Waals surface area contributed by atoms with Gasteiger partial charge in [-0.25, -0.2) is 0 Å². The van der Waals surface area contributed by atoms with Gasteiger partial charge in [0.15, 0.2) is 5.78 Å². The molecule has 0 aromatic rings. The van der Waals surface area contributed by atoms with Crippen LogP contribution >= 0.6 is 0 Å². The minimum Gasteiger partial charge on any atom is -0.396 e. The van der Waals surface area contributed by atoms with Gasteiger partial charge in [0.1, 0.15) is 6.10 Å². The highest BCUT2D eigenvalue weighted by Crippen LogP contribution is 2.04. The van der Waals surface area contributed by atoms with E-state index in [2.05, 4.69) is 0 Å². The summed E-state index contributed by atoms with van der Waals surface area (Å²) in [6, 6.07) is 0. The average molecular weight is 203 g/mol. The lowest BCUT2D eigenvalue weighted by molar-refractivity contribution is -0.129. The van der Waals surface area contributed by atoms with Crippen molar-refractivity contribution >= 4 is 5.78 Å². The molecule has 0 heterocycles. The largest absolute Gasteiger partial charge is 0.396 e. The van der Waals surface area contributed by atoms with E-state index in [4.69, 9.17) is 15.6 Å². The third-order valence-electron chi connectivity index (χ3n) is 2.02. The predicted octanol–water partition coefficient (Wildman–Crippen LogP) is 0.472. The lowest BCUT2D eigenvalue weighted by Crippen LogP contribution is -2.23. The van der Waals surface area contributed by atoms with Gasteiger partial charge in [0.25, 0.3) is 0 Å². The summed E-state index contributed by atoms with van der Waals surface area (Å²) < 4.78 is 5.19. The molecule has 0 amide bonds. The molecule has 0 bridgehead atoms. The van der Waals surface area contributed by atoms with E-state index in [9.17, 15) is 4.79 Å². The van der Waals surface area contributed by atoms with Crippen molar-refractivity contribution in [3.05, 3.63) is 0 Å². The van der Waals surface area contributed by atoms with E-state index >= 15 is 0 Å². The van der Waals surface area contributed by atoms with Gasteiger partial charge in [0.2, 0.25) is 0 Å². The second-order valence-corrected chi connectivity index (χ2v) is 3.30. The van der Waals surface area contributed by atoms with E-state index < -0.39 is 0 Å². The molecule has 0 fully saturated rings. The van der Waals surface area contributed by atoms with Crippen LogP contribution < -0.4 is 5.73 Å². The molecule has 4 heteroatoms. The standard InChI is InChI=1S/C10H21NO3/c1-9(14-8-6-11)10(13)5-3-2-4-7-12/h9,12H,2-8,11H2,1H3. The number of nitrogens with two attached hydrogens (primary N) is 1. The minimum atomic E-state index is -0.340. The molecule has 0 rings (SSSR count). The predicted molar refractivity (Wildman–Crippen MR) is 55.0 cm³/mol. The molecule has 0 saturated heterocycles. The Hall–Kier alpha value is -0.450. The van der Waals surface area contributed by atoms with E-state index in [1.165, 1.54) is 0 Å². The fourth-order valence-corrected chi connectivity index (χ4v) is 1.13. The average Bonchev–Trinajstić information content (AvgIpc) is 2.20. The van der Waals surface area contributed by atoms with Crippen molar-refractivity contribution in [2.45, 2.75) is 38.7 Å². The van der Waals surface area contributed by atoms with E-state index in [0.717, 1.165) is 19.3 Å². The zero-order valence-electron chi connectivity index (χ0n) is 8.87. The van der Waals surface area contributed by atoms with Crippen LogP contribution in [0.1, 0.15) is 32.6 Å². The Labute approximate surface area is 85.4 Å². The molecular formula is C10H21NO3. The molecule has 1 atom stereocenters.